The fraction of sp³-hybridized carbons (Fsp3) is 0.136. The summed E-state index contributed by atoms with van der Waals surface area (Å²) in [5, 5.41) is 5.11. The van der Waals surface area contributed by atoms with Crippen molar-refractivity contribution in [1.29, 1.82) is 0 Å². The molecule has 0 atom stereocenters. The molecule has 0 saturated heterocycles. The molecule has 8 heteroatoms. The van der Waals surface area contributed by atoms with Gasteiger partial charge in [-0.3, -0.25) is 14.2 Å². The lowest BCUT2D eigenvalue weighted by Crippen LogP contribution is -2.26. The van der Waals surface area contributed by atoms with Crippen LogP contribution in [0.15, 0.2) is 69.9 Å². The maximum absolute atomic E-state index is 13.1. The Morgan fingerprint density at radius 2 is 2.00 bits per heavy atom. The highest BCUT2D eigenvalue weighted by Crippen LogP contribution is 2.24. The monoisotopic (exact) mass is 439 g/mol. The van der Waals surface area contributed by atoms with Crippen LogP contribution in [0.2, 0.25) is 0 Å². The highest BCUT2D eigenvalue weighted by atomic mass is 32.2. The number of amides is 1. The van der Waals surface area contributed by atoms with E-state index in [2.05, 4.69) is 10.3 Å². The minimum absolute atomic E-state index is 0.106. The van der Waals surface area contributed by atoms with Crippen molar-refractivity contribution in [2.24, 2.45) is 0 Å². The van der Waals surface area contributed by atoms with Crippen molar-refractivity contribution in [3.05, 3.63) is 87.3 Å². The molecule has 0 radical (unpaired) electrons. The molecule has 5 nitrogen and oxygen atoms in total. The van der Waals surface area contributed by atoms with Gasteiger partial charge in [0.2, 0.25) is 5.91 Å². The van der Waals surface area contributed by atoms with E-state index in [1.54, 1.807) is 22.8 Å². The number of hydrogen-bond donors (Lipinski definition) is 1. The number of thiophene rings is 1. The summed E-state index contributed by atoms with van der Waals surface area (Å²) in [4.78, 5) is 30.0. The lowest BCUT2D eigenvalue weighted by atomic mass is 10.2. The average Bonchev–Trinajstić information content (AvgIpc) is 3.21. The largest absolute Gasteiger partial charge is 0.351 e. The van der Waals surface area contributed by atoms with E-state index < -0.39 is 0 Å². The van der Waals surface area contributed by atoms with Gasteiger partial charge >= 0.3 is 0 Å². The molecule has 0 bridgehead atoms. The van der Waals surface area contributed by atoms with E-state index in [-0.39, 0.29) is 23.0 Å². The number of aromatic nitrogens is 2. The molecule has 0 saturated carbocycles. The van der Waals surface area contributed by atoms with Crippen molar-refractivity contribution in [2.45, 2.75) is 18.6 Å². The van der Waals surface area contributed by atoms with Crippen molar-refractivity contribution in [3.8, 4) is 5.69 Å². The Labute approximate surface area is 180 Å². The van der Waals surface area contributed by atoms with Gasteiger partial charge < -0.3 is 5.32 Å². The molecule has 152 valence electrons. The van der Waals surface area contributed by atoms with Crippen LogP contribution >= 0.6 is 23.1 Å². The summed E-state index contributed by atoms with van der Waals surface area (Å²) in [7, 11) is 0. The number of hydrogen-bond acceptors (Lipinski definition) is 5. The van der Waals surface area contributed by atoms with Crippen LogP contribution in [0.1, 0.15) is 11.1 Å². The molecule has 2 aromatic heterocycles. The van der Waals surface area contributed by atoms with Crippen LogP contribution in [-0.4, -0.2) is 21.2 Å². The molecule has 0 aliphatic carbocycles. The highest BCUT2D eigenvalue weighted by molar-refractivity contribution is 7.99. The summed E-state index contributed by atoms with van der Waals surface area (Å²) in [5.41, 5.74) is 3.04. The maximum Gasteiger partial charge on any atom is 0.276 e. The minimum atomic E-state index is -0.315. The first-order chi connectivity index (χ1) is 14.5. The summed E-state index contributed by atoms with van der Waals surface area (Å²) in [5.74, 6) is -0.404. The molecule has 2 aromatic carbocycles. The fourth-order valence-electron chi connectivity index (χ4n) is 2.97. The molecule has 2 heterocycles. The molecule has 0 unspecified atom stereocenters. The zero-order chi connectivity index (χ0) is 21.1. The Hall–Kier alpha value is -2.97. The number of rotatable bonds is 6. The van der Waals surface area contributed by atoms with Crippen molar-refractivity contribution in [3.63, 3.8) is 0 Å². The summed E-state index contributed by atoms with van der Waals surface area (Å²) in [6.45, 7) is 2.27. The van der Waals surface area contributed by atoms with E-state index >= 15 is 0 Å². The molecular weight excluding hydrogens is 421 g/mol. The van der Waals surface area contributed by atoms with Gasteiger partial charge in [-0.25, -0.2) is 9.37 Å². The zero-order valence-corrected chi connectivity index (χ0v) is 17.7. The third-order valence-corrected chi connectivity index (χ3v) is 6.27. The first kappa shape index (κ1) is 20.3. The van der Waals surface area contributed by atoms with Gasteiger partial charge in [-0.05, 0) is 53.8 Å². The highest BCUT2D eigenvalue weighted by Gasteiger charge is 2.15. The van der Waals surface area contributed by atoms with Gasteiger partial charge in [0.1, 0.15) is 10.5 Å². The quantitative estimate of drug-likeness (QED) is 0.359. The molecule has 0 fully saturated rings. The van der Waals surface area contributed by atoms with Gasteiger partial charge in [0.05, 0.1) is 17.0 Å². The normalized spacial score (nSPS) is 11.0. The minimum Gasteiger partial charge on any atom is -0.351 e. The van der Waals surface area contributed by atoms with Crippen LogP contribution in [0, 0.1) is 12.7 Å². The second kappa shape index (κ2) is 8.81. The van der Waals surface area contributed by atoms with Crippen LogP contribution < -0.4 is 10.9 Å². The molecule has 1 N–H and O–H groups in total. The molecule has 0 aliphatic rings. The van der Waals surface area contributed by atoms with Crippen molar-refractivity contribution in [2.75, 3.05) is 5.75 Å². The van der Waals surface area contributed by atoms with Gasteiger partial charge in [0.25, 0.3) is 5.56 Å². The van der Waals surface area contributed by atoms with Crippen LogP contribution in [0.4, 0.5) is 4.39 Å². The SMILES string of the molecule is Cc1cccc(-n2c(SCC(=O)NCc3ccc(F)cc3)nc3ccsc3c2=O)c1. The number of carbonyl (C=O) groups is 1. The van der Waals surface area contributed by atoms with Crippen molar-refractivity contribution in [1.82, 2.24) is 14.9 Å². The van der Waals surface area contributed by atoms with Gasteiger partial charge in [-0.1, -0.05) is 36.0 Å². The number of aryl methyl sites for hydroxylation is 1. The number of benzene rings is 2. The van der Waals surface area contributed by atoms with Gasteiger partial charge in [-0.2, -0.15) is 0 Å². The Balaban J connectivity index is 1.56. The lowest BCUT2D eigenvalue weighted by molar-refractivity contribution is -0.118. The van der Waals surface area contributed by atoms with E-state index in [9.17, 15) is 14.0 Å². The van der Waals surface area contributed by atoms with Crippen LogP contribution in [0.3, 0.4) is 0 Å². The van der Waals surface area contributed by atoms with E-state index in [0.29, 0.717) is 21.9 Å². The maximum atomic E-state index is 13.1. The lowest BCUT2D eigenvalue weighted by Gasteiger charge is -2.12. The Morgan fingerprint density at radius 1 is 1.20 bits per heavy atom. The molecule has 4 aromatic rings. The van der Waals surface area contributed by atoms with Gasteiger partial charge in [0, 0.05) is 6.54 Å². The zero-order valence-electron chi connectivity index (χ0n) is 16.1. The molecule has 0 aliphatic heterocycles. The molecule has 0 spiro atoms. The Morgan fingerprint density at radius 3 is 2.77 bits per heavy atom. The molecular formula is C22H18FN3O2S2. The van der Waals surface area contributed by atoms with E-state index in [0.717, 1.165) is 16.8 Å². The fourth-order valence-corrected chi connectivity index (χ4v) is 4.57. The van der Waals surface area contributed by atoms with E-state index in [1.807, 2.05) is 36.6 Å². The van der Waals surface area contributed by atoms with E-state index in [1.165, 1.54) is 35.2 Å². The third-order valence-electron chi connectivity index (χ3n) is 4.44. The number of halogens is 1. The van der Waals surface area contributed by atoms with Gasteiger partial charge in [-0.15, -0.1) is 11.3 Å². The summed E-state index contributed by atoms with van der Waals surface area (Å²) >= 11 is 2.57. The molecule has 30 heavy (non-hydrogen) atoms. The Bertz CT molecular complexity index is 1270. The Kier molecular flexibility index (Phi) is 5.96. The van der Waals surface area contributed by atoms with Crippen molar-refractivity contribution >= 4 is 39.2 Å². The average molecular weight is 440 g/mol. The predicted molar refractivity (Wildman–Crippen MR) is 119 cm³/mol. The number of nitrogens with zero attached hydrogens (tertiary/aromatic N) is 2. The number of nitrogens with one attached hydrogen (secondary N) is 1. The first-order valence-electron chi connectivity index (χ1n) is 9.22. The molecule has 1 amide bonds. The second-order valence-electron chi connectivity index (χ2n) is 6.70. The standard InChI is InChI=1S/C22H18FN3O2S2/c1-14-3-2-4-17(11-14)26-21(28)20-18(9-10-29-20)25-22(26)30-13-19(27)24-12-15-5-7-16(23)8-6-15/h2-11H,12-13H2,1H3,(H,24,27). The molecule has 4 rings (SSSR count). The number of carbonyl (C=O) groups excluding carboxylic acids is 1. The van der Waals surface area contributed by atoms with Crippen LogP contribution in [-0.2, 0) is 11.3 Å². The third kappa shape index (κ3) is 4.44. The van der Waals surface area contributed by atoms with Crippen LogP contribution in [0.5, 0.6) is 0 Å². The van der Waals surface area contributed by atoms with Gasteiger partial charge in [0.15, 0.2) is 5.16 Å². The second-order valence-corrected chi connectivity index (χ2v) is 8.56. The summed E-state index contributed by atoms with van der Waals surface area (Å²) < 4.78 is 15.1. The topological polar surface area (TPSA) is 64.0 Å². The smallest absolute Gasteiger partial charge is 0.276 e. The number of fused-ring (bicyclic) bond motifs is 1. The number of thioether (sulfide) groups is 1. The summed E-state index contributed by atoms with van der Waals surface area (Å²) in [6.07, 6.45) is 0. The van der Waals surface area contributed by atoms with Crippen LogP contribution in [0.25, 0.3) is 15.9 Å². The van der Waals surface area contributed by atoms with E-state index in [4.69, 9.17) is 0 Å². The first-order valence-corrected chi connectivity index (χ1v) is 11.1. The summed E-state index contributed by atoms with van der Waals surface area (Å²) in [6, 6.07) is 15.4. The van der Waals surface area contributed by atoms with Crippen molar-refractivity contribution < 1.29 is 9.18 Å². The predicted octanol–water partition coefficient (Wildman–Crippen LogP) is 4.30.